The summed E-state index contributed by atoms with van der Waals surface area (Å²) in [5.74, 6) is -0.993. The summed E-state index contributed by atoms with van der Waals surface area (Å²) < 4.78 is 5.36. The molecule has 2 rings (SSSR count). The molecule has 0 aromatic carbocycles. The highest BCUT2D eigenvalue weighted by Crippen LogP contribution is 2.15. The van der Waals surface area contributed by atoms with Crippen LogP contribution < -0.4 is 5.43 Å². The van der Waals surface area contributed by atoms with Crippen molar-refractivity contribution in [3.05, 3.63) is 29.6 Å². The maximum Gasteiger partial charge on any atom is 0.410 e. The first-order chi connectivity index (χ1) is 11.7. The summed E-state index contributed by atoms with van der Waals surface area (Å²) in [7, 11) is 0. The molecule has 138 valence electrons. The fraction of sp³-hybridized carbons (Fsp3) is 0.588. The number of carboxylic acids is 1. The Bertz CT molecular complexity index is 621. The van der Waals surface area contributed by atoms with Gasteiger partial charge in [0.2, 0.25) is 0 Å². The zero-order valence-corrected chi connectivity index (χ0v) is 15.2. The number of carbonyl (C=O) groups excluding carboxylic acids is 1. The molecule has 0 radical (unpaired) electrons. The monoisotopic (exact) mass is 350 g/mol. The van der Waals surface area contributed by atoms with E-state index in [0.717, 1.165) is 5.69 Å². The first kappa shape index (κ1) is 19.1. The van der Waals surface area contributed by atoms with Crippen molar-refractivity contribution < 1.29 is 19.4 Å². The molecule has 25 heavy (non-hydrogen) atoms. The predicted molar refractivity (Wildman–Crippen MR) is 91.9 cm³/mol. The third kappa shape index (κ3) is 5.68. The van der Waals surface area contributed by atoms with Crippen molar-refractivity contribution in [2.24, 2.45) is 0 Å². The van der Waals surface area contributed by atoms with Crippen molar-refractivity contribution in [2.75, 3.05) is 26.2 Å². The summed E-state index contributed by atoms with van der Waals surface area (Å²) in [6, 6.07) is 4.38. The maximum absolute atomic E-state index is 12.1. The minimum atomic E-state index is -0.993. The highest BCUT2D eigenvalue weighted by atomic mass is 16.6. The van der Waals surface area contributed by atoms with Crippen molar-refractivity contribution in [1.82, 2.24) is 20.3 Å². The van der Waals surface area contributed by atoms with E-state index in [2.05, 4.69) is 10.4 Å². The zero-order valence-electron chi connectivity index (χ0n) is 15.2. The number of carbonyl (C=O) groups is 2. The Kier molecular flexibility index (Phi) is 5.97. The number of hydrogen-bond acceptors (Lipinski definition) is 6. The maximum atomic E-state index is 12.1. The third-order valence-electron chi connectivity index (χ3n) is 3.70. The number of rotatable bonds is 4. The first-order valence-electron chi connectivity index (χ1n) is 8.31. The number of nitrogens with one attached hydrogen (secondary N) is 1. The highest BCUT2D eigenvalue weighted by molar-refractivity contribution is 5.74. The molecule has 8 nitrogen and oxygen atoms in total. The quantitative estimate of drug-likeness (QED) is 0.851. The first-order valence-corrected chi connectivity index (χ1v) is 8.31. The van der Waals surface area contributed by atoms with Crippen LogP contribution in [0.4, 0.5) is 4.79 Å². The number of aryl methyl sites for hydroxylation is 1. The lowest BCUT2D eigenvalue weighted by Gasteiger charge is -2.36. The second-order valence-corrected chi connectivity index (χ2v) is 7.06. The molecule has 1 saturated heterocycles. The van der Waals surface area contributed by atoms with Crippen LogP contribution in [0.1, 0.15) is 38.2 Å². The standard InChI is InChI=1S/C17H26N4O4/c1-12-6-5-7-13(18-12)14(15(22)23)19-21-10-8-20(9-11-21)16(24)25-17(2,3)4/h5-7,14,19H,8-11H2,1-4H3,(H,22,23). The Labute approximate surface area is 147 Å². The highest BCUT2D eigenvalue weighted by Gasteiger charge is 2.29. The number of aromatic nitrogens is 1. The van der Waals surface area contributed by atoms with Gasteiger partial charge >= 0.3 is 12.1 Å². The summed E-state index contributed by atoms with van der Waals surface area (Å²) in [4.78, 5) is 29.6. The average Bonchev–Trinajstić information content (AvgIpc) is 2.51. The molecule has 0 aliphatic carbocycles. The van der Waals surface area contributed by atoms with E-state index in [0.29, 0.717) is 31.9 Å². The SMILES string of the molecule is Cc1cccc(C(NN2CCN(C(=O)OC(C)(C)C)CC2)C(=O)O)n1. The molecule has 8 heteroatoms. The van der Waals surface area contributed by atoms with Crippen LogP contribution in [0.15, 0.2) is 18.2 Å². The van der Waals surface area contributed by atoms with E-state index >= 15 is 0 Å². The number of aliphatic carboxylic acids is 1. The Morgan fingerprint density at radius 2 is 1.88 bits per heavy atom. The number of hydrogen-bond donors (Lipinski definition) is 2. The van der Waals surface area contributed by atoms with Crippen LogP contribution >= 0.6 is 0 Å². The van der Waals surface area contributed by atoms with Crippen molar-refractivity contribution in [3.8, 4) is 0 Å². The zero-order chi connectivity index (χ0) is 18.6. The van der Waals surface area contributed by atoms with Gasteiger partial charge in [-0.05, 0) is 39.8 Å². The van der Waals surface area contributed by atoms with Crippen molar-refractivity contribution in [1.29, 1.82) is 0 Å². The van der Waals surface area contributed by atoms with E-state index in [-0.39, 0.29) is 6.09 Å². The largest absolute Gasteiger partial charge is 0.480 e. The summed E-state index contributed by atoms with van der Waals surface area (Å²) in [6.45, 7) is 9.26. The number of hydrazine groups is 1. The molecule has 1 amide bonds. The number of pyridine rings is 1. The van der Waals surface area contributed by atoms with E-state index in [9.17, 15) is 14.7 Å². The Hall–Kier alpha value is -2.19. The van der Waals surface area contributed by atoms with Gasteiger partial charge in [0, 0.05) is 31.9 Å². The molecular formula is C17H26N4O4. The van der Waals surface area contributed by atoms with Crippen molar-refractivity contribution in [3.63, 3.8) is 0 Å². The minimum Gasteiger partial charge on any atom is -0.480 e. The summed E-state index contributed by atoms with van der Waals surface area (Å²) in [5.41, 5.74) is 3.69. The van der Waals surface area contributed by atoms with Gasteiger partial charge in [-0.3, -0.25) is 9.78 Å². The lowest BCUT2D eigenvalue weighted by molar-refractivity contribution is -0.141. The fourth-order valence-corrected chi connectivity index (χ4v) is 2.50. The molecule has 1 unspecified atom stereocenters. The van der Waals surface area contributed by atoms with E-state index < -0.39 is 17.6 Å². The summed E-state index contributed by atoms with van der Waals surface area (Å²) in [6.07, 6.45) is -0.345. The molecule has 1 aromatic rings. The van der Waals surface area contributed by atoms with Gasteiger partial charge in [0.1, 0.15) is 5.60 Å². The normalized spacial score (nSPS) is 17.2. The molecule has 1 aliphatic rings. The van der Waals surface area contributed by atoms with E-state index in [4.69, 9.17) is 4.74 Å². The predicted octanol–water partition coefficient (Wildman–Crippen LogP) is 1.57. The van der Waals surface area contributed by atoms with Crippen molar-refractivity contribution >= 4 is 12.1 Å². The van der Waals surface area contributed by atoms with Crippen LogP contribution in [0.25, 0.3) is 0 Å². The van der Waals surface area contributed by atoms with Gasteiger partial charge in [0.15, 0.2) is 6.04 Å². The topological polar surface area (TPSA) is 95.0 Å². The third-order valence-corrected chi connectivity index (χ3v) is 3.70. The van der Waals surface area contributed by atoms with Gasteiger partial charge in [0.05, 0.1) is 5.69 Å². The van der Waals surface area contributed by atoms with Gasteiger partial charge in [-0.1, -0.05) is 6.07 Å². The Morgan fingerprint density at radius 3 is 2.40 bits per heavy atom. The second kappa shape index (κ2) is 7.79. The molecule has 0 spiro atoms. The molecule has 0 bridgehead atoms. The van der Waals surface area contributed by atoms with Gasteiger partial charge in [0.25, 0.3) is 0 Å². The number of nitrogens with zero attached hydrogens (tertiary/aromatic N) is 3. The molecule has 2 N–H and O–H groups in total. The van der Waals surface area contributed by atoms with Crippen LogP contribution in [-0.4, -0.2) is 63.8 Å². The number of piperazine rings is 1. The molecule has 2 heterocycles. The van der Waals surface area contributed by atoms with Crippen molar-refractivity contribution in [2.45, 2.75) is 39.3 Å². The van der Waals surface area contributed by atoms with Gasteiger partial charge in [-0.15, -0.1) is 0 Å². The number of amides is 1. The summed E-state index contributed by atoms with van der Waals surface area (Å²) >= 11 is 0. The van der Waals surface area contributed by atoms with E-state index in [1.165, 1.54) is 0 Å². The fourth-order valence-electron chi connectivity index (χ4n) is 2.50. The van der Waals surface area contributed by atoms with Crippen LogP contribution in [-0.2, 0) is 9.53 Å². The lowest BCUT2D eigenvalue weighted by atomic mass is 10.2. The molecule has 1 aliphatic heterocycles. The van der Waals surface area contributed by atoms with Gasteiger partial charge in [-0.2, -0.15) is 0 Å². The van der Waals surface area contributed by atoms with Crippen LogP contribution in [0.5, 0.6) is 0 Å². The Morgan fingerprint density at radius 1 is 1.24 bits per heavy atom. The van der Waals surface area contributed by atoms with Crippen LogP contribution in [0, 0.1) is 6.92 Å². The van der Waals surface area contributed by atoms with Crippen LogP contribution in [0.3, 0.4) is 0 Å². The molecular weight excluding hydrogens is 324 g/mol. The lowest BCUT2D eigenvalue weighted by Crippen LogP contribution is -2.55. The summed E-state index contributed by atoms with van der Waals surface area (Å²) in [5, 5.41) is 11.3. The van der Waals surface area contributed by atoms with E-state index in [1.807, 2.05) is 38.8 Å². The second-order valence-electron chi connectivity index (χ2n) is 7.06. The smallest absolute Gasteiger partial charge is 0.410 e. The van der Waals surface area contributed by atoms with E-state index in [1.54, 1.807) is 17.0 Å². The molecule has 1 fully saturated rings. The molecule has 1 atom stereocenters. The van der Waals surface area contributed by atoms with Gasteiger partial charge < -0.3 is 14.7 Å². The molecule has 0 saturated carbocycles. The Balaban J connectivity index is 1.93. The molecule has 1 aromatic heterocycles. The minimum absolute atomic E-state index is 0.345. The number of ether oxygens (including phenoxy) is 1. The van der Waals surface area contributed by atoms with Crippen LogP contribution in [0.2, 0.25) is 0 Å². The number of carboxylic acid groups (broad SMARTS) is 1. The van der Waals surface area contributed by atoms with Gasteiger partial charge in [-0.25, -0.2) is 15.2 Å². The average molecular weight is 350 g/mol.